The molecule has 29 heavy (non-hydrogen) atoms. The molecule has 9 heteroatoms. The van der Waals surface area contributed by atoms with Crippen LogP contribution in [0, 0.1) is 0 Å². The molecule has 1 aromatic heterocycles. The molecule has 0 atom stereocenters. The Morgan fingerprint density at radius 3 is 2.24 bits per heavy atom. The van der Waals surface area contributed by atoms with Crippen LogP contribution in [0.4, 0.5) is 5.69 Å². The highest BCUT2D eigenvalue weighted by Gasteiger charge is 2.26. The quantitative estimate of drug-likeness (QED) is 0.732. The van der Waals surface area contributed by atoms with Gasteiger partial charge in [-0.2, -0.15) is 0 Å². The number of thiophene rings is 1. The summed E-state index contributed by atoms with van der Waals surface area (Å²) in [6, 6.07) is 8.37. The highest BCUT2D eigenvalue weighted by molar-refractivity contribution is 7.92. The summed E-state index contributed by atoms with van der Waals surface area (Å²) < 4.78 is 28.2. The second-order valence-electron chi connectivity index (χ2n) is 7.98. The van der Waals surface area contributed by atoms with Crippen molar-refractivity contribution in [1.29, 1.82) is 0 Å². The fourth-order valence-electron chi connectivity index (χ4n) is 3.07. The molecule has 1 N–H and O–H groups in total. The number of carbonyl (C=O) groups is 2. The molecular weight excluding hydrogens is 410 g/mol. The maximum Gasteiger partial charge on any atom is 0.266 e. The molecule has 1 fully saturated rings. The predicted octanol–water partition coefficient (Wildman–Crippen LogP) is 2.76. The van der Waals surface area contributed by atoms with Crippen LogP contribution in [-0.4, -0.2) is 56.7 Å². The zero-order chi connectivity index (χ0) is 21.2. The lowest BCUT2D eigenvalue weighted by Gasteiger charge is -2.32. The van der Waals surface area contributed by atoms with Crippen LogP contribution in [0.5, 0.6) is 0 Å². The lowest BCUT2D eigenvalue weighted by atomic mass is 9.87. The molecule has 156 valence electrons. The number of amides is 2. The van der Waals surface area contributed by atoms with Crippen molar-refractivity contribution < 1.29 is 18.0 Å². The van der Waals surface area contributed by atoms with Crippen LogP contribution in [0.1, 0.15) is 36.0 Å². The van der Waals surface area contributed by atoms with Crippen molar-refractivity contribution in [2.45, 2.75) is 31.1 Å². The molecule has 0 saturated carbocycles. The first-order chi connectivity index (χ1) is 13.6. The van der Waals surface area contributed by atoms with Gasteiger partial charge in [0.15, 0.2) is 0 Å². The standard InChI is InChI=1S/C20H25N3O4S2/c1-20(2,3)15-4-6-16(7-5-15)29(26,27)21-17-8-13-28-18(17)19(25)23-11-9-22(14-24)10-12-23/h4-8,13-14,21H,9-12H2,1-3H3. The zero-order valence-corrected chi connectivity index (χ0v) is 18.3. The summed E-state index contributed by atoms with van der Waals surface area (Å²) >= 11 is 1.20. The number of nitrogens with zero attached hydrogens (tertiary/aromatic N) is 2. The first-order valence-electron chi connectivity index (χ1n) is 9.31. The Morgan fingerprint density at radius 2 is 1.69 bits per heavy atom. The van der Waals surface area contributed by atoms with E-state index in [4.69, 9.17) is 0 Å². The Hall–Kier alpha value is -2.39. The zero-order valence-electron chi connectivity index (χ0n) is 16.7. The number of rotatable bonds is 5. The summed E-state index contributed by atoms with van der Waals surface area (Å²) in [5.74, 6) is -0.230. The van der Waals surface area contributed by atoms with Crippen molar-refractivity contribution in [3.05, 3.63) is 46.2 Å². The molecule has 1 aromatic carbocycles. The third-order valence-corrected chi connectivity index (χ3v) is 7.17. The van der Waals surface area contributed by atoms with Gasteiger partial charge in [-0.25, -0.2) is 8.42 Å². The van der Waals surface area contributed by atoms with E-state index in [0.29, 0.717) is 31.1 Å². The molecule has 2 aromatic rings. The molecule has 2 heterocycles. The van der Waals surface area contributed by atoms with E-state index in [-0.39, 0.29) is 21.9 Å². The minimum Gasteiger partial charge on any atom is -0.342 e. The van der Waals surface area contributed by atoms with Gasteiger partial charge in [0.1, 0.15) is 4.88 Å². The van der Waals surface area contributed by atoms with Crippen molar-refractivity contribution in [3.63, 3.8) is 0 Å². The van der Waals surface area contributed by atoms with Gasteiger partial charge in [-0.3, -0.25) is 14.3 Å². The van der Waals surface area contributed by atoms with E-state index in [0.717, 1.165) is 12.0 Å². The minimum atomic E-state index is -3.81. The van der Waals surface area contributed by atoms with Crippen LogP contribution in [-0.2, 0) is 20.2 Å². The first kappa shape index (κ1) is 21.3. The minimum absolute atomic E-state index is 0.0729. The molecule has 0 aliphatic carbocycles. The Morgan fingerprint density at radius 1 is 1.07 bits per heavy atom. The van der Waals surface area contributed by atoms with Crippen LogP contribution < -0.4 is 4.72 Å². The summed E-state index contributed by atoms with van der Waals surface area (Å²) in [5.41, 5.74) is 1.24. The topological polar surface area (TPSA) is 86.8 Å². The maximum absolute atomic E-state index is 12.8. The van der Waals surface area contributed by atoms with Gasteiger partial charge in [0, 0.05) is 26.2 Å². The molecular formula is C20H25N3O4S2. The van der Waals surface area contributed by atoms with Gasteiger partial charge in [0.25, 0.3) is 15.9 Å². The first-order valence-corrected chi connectivity index (χ1v) is 11.7. The van der Waals surface area contributed by atoms with E-state index in [1.54, 1.807) is 45.5 Å². The average molecular weight is 436 g/mol. The van der Waals surface area contributed by atoms with Crippen LogP contribution in [0.25, 0.3) is 0 Å². The number of benzene rings is 1. The summed E-state index contributed by atoms with van der Waals surface area (Å²) in [6.07, 6.45) is 0.775. The van der Waals surface area contributed by atoms with E-state index in [2.05, 4.69) is 25.5 Å². The normalized spacial score (nSPS) is 15.3. The summed E-state index contributed by atoms with van der Waals surface area (Å²) in [7, 11) is -3.81. The van der Waals surface area contributed by atoms with Crippen LogP contribution in [0.15, 0.2) is 40.6 Å². The number of nitrogens with one attached hydrogen (secondary N) is 1. The van der Waals surface area contributed by atoms with Gasteiger partial charge in [-0.05, 0) is 34.6 Å². The lowest BCUT2D eigenvalue weighted by Crippen LogP contribution is -2.48. The Kier molecular flexibility index (Phi) is 6.00. The number of piperazine rings is 1. The van der Waals surface area contributed by atoms with E-state index < -0.39 is 10.0 Å². The van der Waals surface area contributed by atoms with Crippen molar-refractivity contribution >= 4 is 39.4 Å². The van der Waals surface area contributed by atoms with E-state index in [9.17, 15) is 18.0 Å². The van der Waals surface area contributed by atoms with Gasteiger partial charge in [0.2, 0.25) is 6.41 Å². The van der Waals surface area contributed by atoms with E-state index >= 15 is 0 Å². The largest absolute Gasteiger partial charge is 0.342 e. The predicted molar refractivity (Wildman–Crippen MR) is 114 cm³/mol. The highest BCUT2D eigenvalue weighted by Crippen LogP contribution is 2.28. The molecule has 0 radical (unpaired) electrons. The average Bonchev–Trinajstić information content (AvgIpc) is 3.14. The number of hydrogen-bond donors (Lipinski definition) is 1. The van der Waals surface area contributed by atoms with Gasteiger partial charge in [0.05, 0.1) is 10.6 Å². The molecule has 0 bridgehead atoms. The van der Waals surface area contributed by atoms with Crippen LogP contribution in [0.2, 0.25) is 0 Å². The molecule has 7 nitrogen and oxygen atoms in total. The molecule has 1 saturated heterocycles. The Bertz CT molecular complexity index is 983. The Balaban J connectivity index is 1.77. The van der Waals surface area contributed by atoms with Crippen molar-refractivity contribution in [3.8, 4) is 0 Å². The monoisotopic (exact) mass is 435 g/mol. The van der Waals surface area contributed by atoms with Gasteiger partial charge in [-0.1, -0.05) is 32.9 Å². The second kappa shape index (κ2) is 8.16. The lowest BCUT2D eigenvalue weighted by molar-refractivity contribution is -0.119. The highest BCUT2D eigenvalue weighted by atomic mass is 32.2. The summed E-state index contributed by atoms with van der Waals surface area (Å²) in [5, 5.41) is 1.69. The molecule has 0 unspecified atom stereocenters. The number of carbonyl (C=O) groups excluding carboxylic acids is 2. The third kappa shape index (κ3) is 4.79. The van der Waals surface area contributed by atoms with Crippen molar-refractivity contribution in [1.82, 2.24) is 9.80 Å². The van der Waals surface area contributed by atoms with Gasteiger partial charge < -0.3 is 9.80 Å². The van der Waals surface area contributed by atoms with Crippen molar-refractivity contribution in [2.75, 3.05) is 30.9 Å². The van der Waals surface area contributed by atoms with E-state index in [1.165, 1.54) is 11.3 Å². The SMILES string of the molecule is CC(C)(C)c1ccc(S(=O)(=O)Nc2ccsc2C(=O)N2CCN(C=O)CC2)cc1. The fraction of sp³-hybridized carbons (Fsp3) is 0.400. The van der Waals surface area contributed by atoms with Gasteiger partial charge in [-0.15, -0.1) is 11.3 Å². The molecule has 0 spiro atoms. The molecule has 2 amide bonds. The maximum atomic E-state index is 12.8. The number of hydrogen-bond acceptors (Lipinski definition) is 5. The summed E-state index contributed by atoms with van der Waals surface area (Å²) in [4.78, 5) is 27.4. The molecule has 1 aliphatic rings. The second-order valence-corrected chi connectivity index (χ2v) is 10.6. The summed E-state index contributed by atoms with van der Waals surface area (Å²) in [6.45, 7) is 7.99. The van der Waals surface area contributed by atoms with E-state index in [1.807, 2.05) is 0 Å². The van der Waals surface area contributed by atoms with Crippen LogP contribution >= 0.6 is 11.3 Å². The fourth-order valence-corrected chi connectivity index (χ4v) is 5.02. The smallest absolute Gasteiger partial charge is 0.266 e. The molecule has 3 rings (SSSR count). The molecule has 1 aliphatic heterocycles. The number of anilines is 1. The van der Waals surface area contributed by atoms with Gasteiger partial charge >= 0.3 is 0 Å². The number of sulfonamides is 1. The Labute approximate surface area is 175 Å². The van der Waals surface area contributed by atoms with Crippen molar-refractivity contribution in [2.24, 2.45) is 0 Å². The van der Waals surface area contributed by atoms with Crippen LogP contribution in [0.3, 0.4) is 0 Å². The third-order valence-electron chi connectivity index (χ3n) is 4.88.